The first-order valence-corrected chi connectivity index (χ1v) is 3.79. The van der Waals surface area contributed by atoms with E-state index in [-0.39, 0.29) is 12.1 Å². The van der Waals surface area contributed by atoms with Crippen molar-refractivity contribution in [1.29, 1.82) is 0 Å². The molecule has 0 amide bonds. The molecule has 0 aromatic heterocycles. The van der Waals surface area contributed by atoms with Crippen LogP contribution in [0.1, 0.15) is 0 Å². The van der Waals surface area contributed by atoms with E-state index in [0.717, 1.165) is 5.41 Å². The van der Waals surface area contributed by atoms with Gasteiger partial charge in [-0.2, -0.15) is 3.89 Å². The molecule has 0 aliphatic carbocycles. The van der Waals surface area contributed by atoms with Crippen molar-refractivity contribution in [1.82, 2.24) is 0 Å². The van der Waals surface area contributed by atoms with Gasteiger partial charge in [-0.1, -0.05) is 18.7 Å². The number of hydrogen-bond donors (Lipinski definition) is 0. The third-order valence-corrected chi connectivity index (χ3v) is 0.660. The predicted molar refractivity (Wildman–Crippen MR) is 50.1 cm³/mol. The van der Waals surface area contributed by atoms with E-state index in [4.69, 9.17) is 4.74 Å². The highest BCUT2D eigenvalue weighted by Gasteiger charge is 1.70. The second-order valence-electron chi connectivity index (χ2n) is 1.37. The zero-order valence-electron chi connectivity index (χ0n) is 6.46. The molecule has 0 aliphatic heterocycles. The van der Waals surface area contributed by atoms with Gasteiger partial charge in [0.15, 0.2) is 0 Å². The summed E-state index contributed by atoms with van der Waals surface area (Å²) in [5, 5.41) is 1.12. The molecule has 0 rings (SSSR count). The summed E-state index contributed by atoms with van der Waals surface area (Å²) in [4.78, 5) is 0. The van der Waals surface area contributed by atoms with Gasteiger partial charge in [0.25, 0.3) is 0 Å². The Labute approximate surface area is 71.9 Å². The number of rotatable bonds is 5. The third-order valence-electron chi connectivity index (χ3n) is 0.534. The third kappa shape index (κ3) is 26.5. The van der Waals surface area contributed by atoms with Crippen LogP contribution in [0.3, 0.4) is 0 Å². The minimum atomic E-state index is 0.120. The molecule has 3 heteroatoms. The average molecular weight is 176 g/mol. The SMILES string of the molecule is C=CCOCC=C.C=CSF. The molecule has 0 heterocycles. The van der Waals surface area contributed by atoms with Crippen LogP contribution in [0.4, 0.5) is 3.89 Å². The Morgan fingerprint density at radius 3 is 1.73 bits per heavy atom. The molecule has 0 unspecified atom stereocenters. The molecular weight excluding hydrogens is 163 g/mol. The van der Waals surface area contributed by atoms with Gasteiger partial charge in [0, 0.05) is 0 Å². The fourth-order valence-electron chi connectivity index (χ4n) is 0.235. The van der Waals surface area contributed by atoms with Crippen LogP contribution in [-0.2, 0) is 4.74 Å². The molecule has 0 saturated carbocycles. The predicted octanol–water partition coefficient (Wildman–Crippen LogP) is 3.12. The lowest BCUT2D eigenvalue weighted by Crippen LogP contribution is -1.87. The molecule has 0 bridgehead atoms. The highest BCUT2D eigenvalue weighted by Crippen LogP contribution is 1.96. The largest absolute Gasteiger partial charge is 0.373 e. The second kappa shape index (κ2) is 16.2. The summed E-state index contributed by atoms with van der Waals surface area (Å²) in [5.74, 6) is 0. The maximum absolute atomic E-state index is 10.5. The van der Waals surface area contributed by atoms with Crippen molar-refractivity contribution in [3.63, 3.8) is 0 Å². The zero-order chi connectivity index (χ0) is 8.95. The zero-order valence-corrected chi connectivity index (χ0v) is 7.28. The first-order valence-electron chi connectivity index (χ1n) is 3.01. The average Bonchev–Trinajstić information content (AvgIpc) is 2.06. The summed E-state index contributed by atoms with van der Waals surface area (Å²) < 4.78 is 15.4. The fraction of sp³-hybridized carbons (Fsp3) is 0.250. The molecule has 0 fully saturated rings. The molecule has 0 radical (unpaired) electrons. The lowest BCUT2D eigenvalue weighted by Gasteiger charge is -1.89. The van der Waals surface area contributed by atoms with E-state index >= 15 is 0 Å². The first kappa shape index (κ1) is 13.1. The lowest BCUT2D eigenvalue weighted by molar-refractivity contribution is 0.194. The van der Waals surface area contributed by atoms with E-state index in [1.165, 1.54) is 0 Å². The molecule has 64 valence electrons. The van der Waals surface area contributed by atoms with E-state index in [0.29, 0.717) is 13.2 Å². The summed E-state index contributed by atoms with van der Waals surface area (Å²) in [6.07, 6.45) is 3.42. The summed E-state index contributed by atoms with van der Waals surface area (Å²) in [5.41, 5.74) is 0. The van der Waals surface area contributed by atoms with Gasteiger partial charge < -0.3 is 4.74 Å². The van der Waals surface area contributed by atoms with Crippen molar-refractivity contribution >= 4 is 12.1 Å². The van der Waals surface area contributed by atoms with Crippen LogP contribution in [0.2, 0.25) is 0 Å². The maximum Gasteiger partial charge on any atom is 0.0726 e. The van der Waals surface area contributed by atoms with Gasteiger partial charge in [-0.25, -0.2) is 0 Å². The van der Waals surface area contributed by atoms with Crippen LogP contribution < -0.4 is 0 Å². The fourth-order valence-corrected chi connectivity index (χ4v) is 0.235. The van der Waals surface area contributed by atoms with Crippen molar-refractivity contribution in [3.8, 4) is 0 Å². The Balaban J connectivity index is 0. The molecule has 0 N–H and O–H groups in total. The smallest absolute Gasteiger partial charge is 0.0726 e. The summed E-state index contributed by atoms with van der Waals surface area (Å²) in [6, 6.07) is 0. The molecule has 0 aliphatic rings. The van der Waals surface area contributed by atoms with E-state index in [2.05, 4.69) is 19.7 Å². The summed E-state index contributed by atoms with van der Waals surface area (Å²) in [6.45, 7) is 11.2. The second-order valence-corrected chi connectivity index (χ2v) is 1.88. The van der Waals surface area contributed by atoms with Crippen molar-refractivity contribution in [2.45, 2.75) is 0 Å². The maximum atomic E-state index is 10.5. The molecule has 0 aromatic carbocycles. The van der Waals surface area contributed by atoms with Crippen LogP contribution in [0, 0.1) is 0 Å². The monoisotopic (exact) mass is 176 g/mol. The Morgan fingerprint density at radius 1 is 1.18 bits per heavy atom. The molecular formula is C8H13FOS. The Morgan fingerprint density at radius 2 is 1.55 bits per heavy atom. The number of ether oxygens (including phenoxy) is 1. The highest BCUT2D eigenvalue weighted by atomic mass is 32.2. The number of hydrogen-bond acceptors (Lipinski definition) is 2. The molecule has 1 nitrogen and oxygen atoms in total. The molecule has 0 atom stereocenters. The van der Waals surface area contributed by atoms with Crippen LogP contribution in [0.25, 0.3) is 0 Å². The van der Waals surface area contributed by atoms with Gasteiger partial charge >= 0.3 is 0 Å². The minimum absolute atomic E-state index is 0.120. The van der Waals surface area contributed by atoms with Crippen molar-refractivity contribution < 1.29 is 8.62 Å². The van der Waals surface area contributed by atoms with Crippen LogP contribution >= 0.6 is 12.1 Å². The molecule has 0 saturated heterocycles. The van der Waals surface area contributed by atoms with Gasteiger partial charge in [0.1, 0.15) is 0 Å². The van der Waals surface area contributed by atoms with E-state index < -0.39 is 0 Å². The Kier molecular flexibility index (Phi) is 19.3. The van der Waals surface area contributed by atoms with E-state index in [9.17, 15) is 3.89 Å². The highest BCUT2D eigenvalue weighted by molar-refractivity contribution is 7.97. The van der Waals surface area contributed by atoms with Gasteiger partial charge in [0.05, 0.1) is 25.4 Å². The molecule has 0 aromatic rings. The van der Waals surface area contributed by atoms with Gasteiger partial charge in [-0.3, -0.25) is 0 Å². The van der Waals surface area contributed by atoms with E-state index in [1.807, 2.05) is 0 Å². The van der Waals surface area contributed by atoms with Crippen LogP contribution in [0.5, 0.6) is 0 Å². The van der Waals surface area contributed by atoms with E-state index in [1.54, 1.807) is 12.2 Å². The van der Waals surface area contributed by atoms with Crippen molar-refractivity contribution in [2.24, 2.45) is 0 Å². The topological polar surface area (TPSA) is 9.23 Å². The summed E-state index contributed by atoms with van der Waals surface area (Å²) >= 11 is 0.120. The van der Waals surface area contributed by atoms with Crippen molar-refractivity contribution in [3.05, 3.63) is 37.3 Å². The minimum Gasteiger partial charge on any atom is -0.373 e. The summed E-state index contributed by atoms with van der Waals surface area (Å²) in [7, 11) is 0. The van der Waals surface area contributed by atoms with Gasteiger partial charge in [-0.15, -0.1) is 13.2 Å². The Bertz CT molecular complexity index is 96.3. The lowest BCUT2D eigenvalue weighted by atomic mass is 10.6. The molecule has 0 spiro atoms. The molecule has 11 heavy (non-hydrogen) atoms. The van der Waals surface area contributed by atoms with Crippen molar-refractivity contribution in [2.75, 3.05) is 13.2 Å². The van der Waals surface area contributed by atoms with Gasteiger partial charge in [-0.05, 0) is 5.41 Å². The first-order chi connectivity index (χ1) is 5.33. The van der Waals surface area contributed by atoms with Gasteiger partial charge in [0.2, 0.25) is 0 Å². The van der Waals surface area contributed by atoms with Crippen LogP contribution in [-0.4, -0.2) is 13.2 Å². The Hall–Kier alpha value is -0.540. The normalized spacial score (nSPS) is 7.36. The standard InChI is InChI=1S/C6H10O.C2H3FS/c1-3-5-7-6-4-2;1-2-4-3/h3-4H,1-2,5-6H2;2H,1H2. The van der Waals surface area contributed by atoms with Crippen LogP contribution in [0.15, 0.2) is 37.3 Å². The quantitative estimate of drug-likeness (QED) is 0.470. The number of halogens is 1.